The van der Waals surface area contributed by atoms with Crippen LogP contribution in [0.5, 0.6) is 5.75 Å². The van der Waals surface area contributed by atoms with Gasteiger partial charge in [0, 0.05) is 23.2 Å². The highest BCUT2D eigenvalue weighted by Gasteiger charge is 2.28. The van der Waals surface area contributed by atoms with Crippen LogP contribution in [0.2, 0.25) is 0 Å². The van der Waals surface area contributed by atoms with E-state index in [9.17, 15) is 9.59 Å². The van der Waals surface area contributed by atoms with E-state index in [2.05, 4.69) is 20.8 Å². The summed E-state index contributed by atoms with van der Waals surface area (Å²) in [6.07, 6.45) is 2.66. The molecule has 0 unspecified atom stereocenters. The van der Waals surface area contributed by atoms with Crippen molar-refractivity contribution in [2.45, 2.75) is 32.2 Å². The van der Waals surface area contributed by atoms with E-state index in [1.165, 1.54) is 0 Å². The number of nitrogens with zero attached hydrogens (tertiary/aromatic N) is 4. The number of benzene rings is 2. The molecule has 0 radical (unpaired) electrons. The number of nitrogens with one attached hydrogen (secondary N) is 1. The number of tetrazole rings is 1. The average molecular weight is 391 g/mol. The summed E-state index contributed by atoms with van der Waals surface area (Å²) in [6.45, 7) is 1.70. The SMILES string of the molecule is CCC(=O)c1ccc(OCC(=O)Nc2ccc(-c3nnnn3C3CC3)cc2)cc1. The highest BCUT2D eigenvalue weighted by Crippen LogP contribution is 2.36. The van der Waals surface area contributed by atoms with Gasteiger partial charge in [-0.2, -0.15) is 0 Å². The lowest BCUT2D eigenvalue weighted by molar-refractivity contribution is -0.118. The first-order chi connectivity index (χ1) is 14.1. The van der Waals surface area contributed by atoms with Crippen LogP contribution in [0, 0.1) is 0 Å². The van der Waals surface area contributed by atoms with E-state index in [0.29, 0.717) is 29.5 Å². The Labute approximate surface area is 167 Å². The van der Waals surface area contributed by atoms with Gasteiger partial charge in [-0.3, -0.25) is 9.59 Å². The fourth-order valence-corrected chi connectivity index (χ4v) is 2.94. The highest BCUT2D eigenvalue weighted by atomic mass is 16.5. The lowest BCUT2D eigenvalue weighted by atomic mass is 10.1. The van der Waals surface area contributed by atoms with Crippen LogP contribution in [-0.4, -0.2) is 38.5 Å². The number of ether oxygens (including phenoxy) is 1. The summed E-state index contributed by atoms with van der Waals surface area (Å²) in [5, 5.41) is 14.7. The second-order valence-electron chi connectivity index (χ2n) is 6.89. The Kier molecular flexibility index (Phi) is 5.33. The predicted octanol–water partition coefficient (Wildman–Crippen LogP) is 3.29. The summed E-state index contributed by atoms with van der Waals surface area (Å²) in [7, 11) is 0. The van der Waals surface area contributed by atoms with Gasteiger partial charge in [0.25, 0.3) is 5.91 Å². The van der Waals surface area contributed by atoms with Crippen molar-refractivity contribution in [1.29, 1.82) is 0 Å². The Balaban J connectivity index is 1.31. The zero-order valence-electron chi connectivity index (χ0n) is 16.0. The number of rotatable bonds is 8. The van der Waals surface area contributed by atoms with E-state index >= 15 is 0 Å². The number of amides is 1. The predicted molar refractivity (Wildman–Crippen MR) is 107 cm³/mol. The molecule has 1 fully saturated rings. The molecule has 8 heteroatoms. The largest absolute Gasteiger partial charge is 0.484 e. The van der Waals surface area contributed by atoms with Crippen LogP contribution in [0.4, 0.5) is 5.69 Å². The zero-order valence-corrected chi connectivity index (χ0v) is 16.0. The van der Waals surface area contributed by atoms with Crippen molar-refractivity contribution in [2.24, 2.45) is 0 Å². The van der Waals surface area contributed by atoms with Gasteiger partial charge in [0.05, 0.1) is 6.04 Å². The second kappa shape index (κ2) is 8.22. The smallest absolute Gasteiger partial charge is 0.262 e. The molecule has 1 amide bonds. The van der Waals surface area contributed by atoms with Crippen molar-refractivity contribution < 1.29 is 14.3 Å². The molecular weight excluding hydrogens is 370 g/mol. The quantitative estimate of drug-likeness (QED) is 0.592. The van der Waals surface area contributed by atoms with Crippen LogP contribution < -0.4 is 10.1 Å². The molecule has 148 valence electrons. The second-order valence-corrected chi connectivity index (χ2v) is 6.89. The molecule has 29 heavy (non-hydrogen) atoms. The van der Waals surface area contributed by atoms with Crippen molar-refractivity contribution >= 4 is 17.4 Å². The summed E-state index contributed by atoms with van der Waals surface area (Å²) in [5.74, 6) is 1.08. The maximum Gasteiger partial charge on any atom is 0.262 e. The standard InChI is InChI=1S/C21H21N5O3/c1-2-19(27)14-5-11-18(12-6-14)29-13-20(28)22-16-7-3-15(4-8-16)21-23-24-25-26(21)17-9-10-17/h3-8,11-12,17H,2,9-10,13H2,1H3,(H,22,28). The Morgan fingerprint density at radius 3 is 2.48 bits per heavy atom. The van der Waals surface area contributed by atoms with Crippen molar-refractivity contribution in [3.63, 3.8) is 0 Å². The van der Waals surface area contributed by atoms with Crippen molar-refractivity contribution in [2.75, 3.05) is 11.9 Å². The number of ketones is 1. The lowest BCUT2D eigenvalue weighted by Crippen LogP contribution is -2.20. The number of carbonyl (C=O) groups excluding carboxylic acids is 2. The lowest BCUT2D eigenvalue weighted by Gasteiger charge is -2.09. The molecule has 0 atom stereocenters. The van der Waals surface area contributed by atoms with Gasteiger partial charge in [0.15, 0.2) is 18.2 Å². The summed E-state index contributed by atoms with van der Waals surface area (Å²) in [6, 6.07) is 14.6. The van der Waals surface area contributed by atoms with Gasteiger partial charge in [0.2, 0.25) is 0 Å². The van der Waals surface area contributed by atoms with Crippen molar-refractivity contribution in [1.82, 2.24) is 20.2 Å². The Bertz CT molecular complexity index is 1010. The van der Waals surface area contributed by atoms with Crippen LogP contribution in [0.3, 0.4) is 0 Å². The minimum atomic E-state index is -0.269. The number of hydrogen-bond donors (Lipinski definition) is 1. The first-order valence-electron chi connectivity index (χ1n) is 9.58. The minimum Gasteiger partial charge on any atom is -0.484 e. The van der Waals surface area contributed by atoms with Crippen molar-refractivity contribution in [3.05, 3.63) is 54.1 Å². The van der Waals surface area contributed by atoms with Gasteiger partial charge in [-0.15, -0.1) is 5.10 Å². The summed E-state index contributed by atoms with van der Waals surface area (Å²) in [4.78, 5) is 23.8. The van der Waals surface area contributed by atoms with Crippen LogP contribution in [0.1, 0.15) is 42.6 Å². The molecule has 0 aliphatic heterocycles. The van der Waals surface area contributed by atoms with Gasteiger partial charge < -0.3 is 10.1 Å². The molecule has 0 bridgehead atoms. The summed E-state index contributed by atoms with van der Waals surface area (Å²) >= 11 is 0. The molecule has 1 saturated carbocycles. The van der Waals surface area contributed by atoms with Crippen LogP contribution >= 0.6 is 0 Å². The third kappa shape index (κ3) is 4.48. The van der Waals surface area contributed by atoms with E-state index in [1.54, 1.807) is 24.3 Å². The monoisotopic (exact) mass is 391 g/mol. The Morgan fingerprint density at radius 2 is 1.83 bits per heavy atom. The summed E-state index contributed by atoms with van der Waals surface area (Å²) in [5.41, 5.74) is 2.20. The van der Waals surface area contributed by atoms with Gasteiger partial charge in [-0.05, 0) is 71.8 Å². The van der Waals surface area contributed by atoms with E-state index in [1.807, 2.05) is 35.9 Å². The fourth-order valence-electron chi connectivity index (χ4n) is 2.94. The molecule has 1 aliphatic rings. The van der Waals surface area contributed by atoms with Crippen LogP contribution in [0.25, 0.3) is 11.4 Å². The normalized spacial score (nSPS) is 13.1. The van der Waals surface area contributed by atoms with Gasteiger partial charge in [-0.25, -0.2) is 4.68 Å². The number of aromatic nitrogens is 4. The van der Waals surface area contributed by atoms with E-state index in [-0.39, 0.29) is 18.3 Å². The first-order valence-corrected chi connectivity index (χ1v) is 9.58. The average Bonchev–Trinajstić information content (AvgIpc) is 3.49. The van der Waals surface area contributed by atoms with Gasteiger partial charge in [0.1, 0.15) is 5.75 Å². The number of hydrogen-bond acceptors (Lipinski definition) is 6. The maximum absolute atomic E-state index is 12.1. The fraction of sp³-hybridized carbons (Fsp3) is 0.286. The number of anilines is 1. The number of carbonyl (C=O) groups is 2. The molecular formula is C21H21N5O3. The van der Waals surface area contributed by atoms with Crippen LogP contribution in [-0.2, 0) is 4.79 Å². The highest BCUT2D eigenvalue weighted by molar-refractivity contribution is 5.96. The molecule has 0 saturated heterocycles. The molecule has 3 aromatic rings. The first kappa shape index (κ1) is 18.8. The molecule has 1 aromatic heterocycles. The van der Waals surface area contributed by atoms with Crippen LogP contribution in [0.15, 0.2) is 48.5 Å². The molecule has 2 aromatic carbocycles. The molecule has 0 spiro atoms. The molecule has 8 nitrogen and oxygen atoms in total. The Hall–Kier alpha value is -3.55. The maximum atomic E-state index is 12.1. The molecule has 1 heterocycles. The molecule has 1 aliphatic carbocycles. The van der Waals surface area contributed by atoms with E-state index in [4.69, 9.17) is 4.74 Å². The molecule has 1 N–H and O–H groups in total. The molecule has 4 rings (SSSR count). The zero-order chi connectivity index (χ0) is 20.2. The van der Waals surface area contributed by atoms with E-state index in [0.717, 1.165) is 24.2 Å². The third-order valence-electron chi connectivity index (χ3n) is 4.68. The van der Waals surface area contributed by atoms with Crippen molar-refractivity contribution in [3.8, 4) is 17.1 Å². The van der Waals surface area contributed by atoms with E-state index < -0.39 is 0 Å². The summed E-state index contributed by atoms with van der Waals surface area (Å²) < 4.78 is 7.33. The van der Waals surface area contributed by atoms with Gasteiger partial charge >= 0.3 is 0 Å². The van der Waals surface area contributed by atoms with Gasteiger partial charge in [-0.1, -0.05) is 6.92 Å². The minimum absolute atomic E-state index is 0.0731. The topological polar surface area (TPSA) is 99.0 Å². The third-order valence-corrected chi connectivity index (χ3v) is 4.68. The number of Topliss-reactive ketones (excluding diaryl/α,β-unsaturated/α-hetero) is 1. The Morgan fingerprint density at radius 1 is 1.10 bits per heavy atom.